The van der Waals surface area contributed by atoms with Crippen LogP contribution in [0.4, 0.5) is 0 Å². The van der Waals surface area contributed by atoms with Crippen molar-refractivity contribution in [3.05, 3.63) is 83.9 Å². The van der Waals surface area contributed by atoms with E-state index in [0.29, 0.717) is 0 Å². The molecule has 0 amide bonds. The fraction of sp³-hybridized carbons (Fsp3) is 0.118. The van der Waals surface area contributed by atoms with E-state index in [9.17, 15) is 5.11 Å². The number of hydrogen-bond acceptors (Lipinski definition) is 2. The zero-order valence-corrected chi connectivity index (χ0v) is 11.1. The summed E-state index contributed by atoms with van der Waals surface area (Å²) in [5.41, 5.74) is 3.98. The van der Waals surface area contributed by atoms with Gasteiger partial charge in [0.2, 0.25) is 0 Å². The Bertz CT molecular complexity index is 675. The van der Waals surface area contributed by atoms with Crippen molar-refractivity contribution in [1.82, 2.24) is 9.55 Å². The molecule has 0 spiro atoms. The lowest BCUT2D eigenvalue weighted by Gasteiger charge is -2.07. The highest BCUT2D eigenvalue weighted by Crippen LogP contribution is 2.17. The Labute approximate surface area is 118 Å². The first-order chi connectivity index (χ1) is 9.88. The summed E-state index contributed by atoms with van der Waals surface area (Å²) in [5, 5.41) is 9.67. The van der Waals surface area contributed by atoms with Gasteiger partial charge in [0, 0.05) is 12.1 Å². The van der Waals surface area contributed by atoms with Crippen molar-refractivity contribution in [3.63, 3.8) is 0 Å². The Kier molecular flexibility index (Phi) is 3.61. The van der Waals surface area contributed by atoms with Crippen LogP contribution in [0.5, 0.6) is 0 Å². The zero-order valence-electron chi connectivity index (χ0n) is 11.1. The summed E-state index contributed by atoms with van der Waals surface area (Å²) in [6.45, 7) is -0.0168. The number of para-hydroxylation sites is 1. The average Bonchev–Trinajstić information content (AvgIpc) is 2.92. The zero-order chi connectivity index (χ0) is 13.8. The van der Waals surface area contributed by atoms with Crippen LogP contribution in [-0.2, 0) is 13.0 Å². The number of aliphatic hydroxyl groups excluding tert-OH is 1. The fourth-order valence-corrected chi connectivity index (χ4v) is 2.33. The summed E-state index contributed by atoms with van der Waals surface area (Å²) in [6.07, 6.45) is 2.51. The maximum absolute atomic E-state index is 9.67. The lowest BCUT2D eigenvalue weighted by molar-refractivity contribution is 0.273. The summed E-state index contributed by atoms with van der Waals surface area (Å²) in [7, 11) is 0. The van der Waals surface area contributed by atoms with Gasteiger partial charge in [-0.05, 0) is 17.7 Å². The van der Waals surface area contributed by atoms with Crippen molar-refractivity contribution >= 4 is 0 Å². The van der Waals surface area contributed by atoms with Gasteiger partial charge in [-0.15, -0.1) is 0 Å². The molecule has 0 saturated heterocycles. The molecule has 3 aromatic rings. The number of nitrogens with zero attached hydrogens (tertiary/aromatic N) is 2. The third kappa shape index (κ3) is 2.49. The van der Waals surface area contributed by atoms with Gasteiger partial charge < -0.3 is 9.67 Å². The van der Waals surface area contributed by atoms with Crippen LogP contribution in [-0.4, -0.2) is 14.7 Å². The molecule has 0 bridgehead atoms. The molecule has 0 atom stereocenters. The second kappa shape index (κ2) is 5.72. The normalized spacial score (nSPS) is 10.7. The molecule has 3 nitrogen and oxygen atoms in total. The van der Waals surface area contributed by atoms with Gasteiger partial charge in [-0.25, -0.2) is 4.98 Å². The fourth-order valence-electron chi connectivity index (χ4n) is 2.33. The van der Waals surface area contributed by atoms with Crippen LogP contribution >= 0.6 is 0 Å². The highest BCUT2D eigenvalue weighted by Gasteiger charge is 2.11. The van der Waals surface area contributed by atoms with Crippen LogP contribution < -0.4 is 0 Å². The van der Waals surface area contributed by atoms with E-state index >= 15 is 0 Å². The molecule has 0 aliphatic rings. The van der Waals surface area contributed by atoms with Crippen molar-refractivity contribution < 1.29 is 5.11 Å². The van der Waals surface area contributed by atoms with E-state index in [1.807, 2.05) is 53.1 Å². The number of benzene rings is 2. The SMILES string of the molecule is OCc1c(Cc2ccccc2)ncn1-c1ccccc1. The molecule has 0 radical (unpaired) electrons. The van der Waals surface area contributed by atoms with E-state index in [1.165, 1.54) is 5.56 Å². The van der Waals surface area contributed by atoms with Gasteiger partial charge in [0.1, 0.15) is 0 Å². The quantitative estimate of drug-likeness (QED) is 0.786. The van der Waals surface area contributed by atoms with Gasteiger partial charge in [0.25, 0.3) is 0 Å². The molecule has 2 aromatic carbocycles. The molecule has 3 rings (SSSR count). The molecule has 1 N–H and O–H groups in total. The predicted octanol–water partition coefficient (Wildman–Crippen LogP) is 2.96. The Morgan fingerprint density at radius 2 is 1.55 bits per heavy atom. The van der Waals surface area contributed by atoms with E-state index < -0.39 is 0 Å². The molecule has 1 heterocycles. The van der Waals surface area contributed by atoms with Gasteiger partial charge >= 0.3 is 0 Å². The van der Waals surface area contributed by atoms with Crippen molar-refractivity contribution in [2.45, 2.75) is 13.0 Å². The molecular formula is C17H16N2O. The molecular weight excluding hydrogens is 248 g/mol. The third-order valence-corrected chi connectivity index (χ3v) is 3.35. The van der Waals surface area contributed by atoms with Crippen molar-refractivity contribution in [2.75, 3.05) is 0 Å². The number of rotatable bonds is 4. The van der Waals surface area contributed by atoms with Crippen LogP contribution in [0, 0.1) is 0 Å². The molecule has 0 unspecified atom stereocenters. The Balaban J connectivity index is 1.96. The minimum atomic E-state index is -0.0168. The van der Waals surface area contributed by atoms with Crippen LogP contribution in [0.1, 0.15) is 17.0 Å². The molecule has 20 heavy (non-hydrogen) atoms. The lowest BCUT2D eigenvalue weighted by Crippen LogP contribution is -2.02. The van der Waals surface area contributed by atoms with Crippen molar-refractivity contribution in [2.24, 2.45) is 0 Å². The minimum Gasteiger partial charge on any atom is -0.390 e. The highest BCUT2D eigenvalue weighted by molar-refractivity contribution is 5.36. The second-order valence-corrected chi connectivity index (χ2v) is 4.66. The van der Waals surface area contributed by atoms with Crippen LogP contribution in [0.2, 0.25) is 0 Å². The summed E-state index contributed by atoms with van der Waals surface area (Å²) in [4.78, 5) is 4.46. The van der Waals surface area contributed by atoms with Gasteiger partial charge in [0.15, 0.2) is 0 Å². The Morgan fingerprint density at radius 1 is 0.900 bits per heavy atom. The first kappa shape index (κ1) is 12.6. The molecule has 0 aliphatic heterocycles. The van der Waals surface area contributed by atoms with E-state index in [2.05, 4.69) is 17.1 Å². The van der Waals surface area contributed by atoms with Crippen LogP contribution in [0.3, 0.4) is 0 Å². The summed E-state index contributed by atoms with van der Waals surface area (Å²) in [6, 6.07) is 20.1. The molecule has 1 aromatic heterocycles. The van der Waals surface area contributed by atoms with E-state index in [-0.39, 0.29) is 6.61 Å². The average molecular weight is 264 g/mol. The lowest BCUT2D eigenvalue weighted by atomic mass is 10.1. The predicted molar refractivity (Wildman–Crippen MR) is 78.7 cm³/mol. The van der Waals surface area contributed by atoms with Crippen molar-refractivity contribution in [3.8, 4) is 5.69 Å². The van der Waals surface area contributed by atoms with Gasteiger partial charge in [-0.2, -0.15) is 0 Å². The molecule has 3 heteroatoms. The van der Waals surface area contributed by atoms with E-state index in [1.54, 1.807) is 6.33 Å². The van der Waals surface area contributed by atoms with E-state index in [0.717, 1.165) is 23.5 Å². The largest absolute Gasteiger partial charge is 0.390 e. The summed E-state index contributed by atoms with van der Waals surface area (Å²) < 4.78 is 1.94. The minimum absolute atomic E-state index is 0.0168. The standard InChI is InChI=1S/C17H16N2O/c20-12-17-16(11-14-7-3-1-4-8-14)18-13-19(17)15-9-5-2-6-10-15/h1-10,13,20H,11-12H2. The van der Waals surface area contributed by atoms with E-state index in [4.69, 9.17) is 0 Å². The maximum atomic E-state index is 9.67. The first-order valence-electron chi connectivity index (χ1n) is 6.64. The third-order valence-electron chi connectivity index (χ3n) is 3.35. The number of hydrogen-bond donors (Lipinski definition) is 1. The number of aliphatic hydroxyl groups is 1. The van der Waals surface area contributed by atoms with Gasteiger partial charge in [-0.3, -0.25) is 0 Å². The topological polar surface area (TPSA) is 38.1 Å². The molecule has 0 saturated carbocycles. The molecule has 100 valence electrons. The smallest absolute Gasteiger partial charge is 0.0998 e. The number of aromatic nitrogens is 2. The number of imidazole rings is 1. The molecule has 0 aliphatic carbocycles. The first-order valence-corrected chi connectivity index (χ1v) is 6.64. The highest BCUT2D eigenvalue weighted by atomic mass is 16.3. The Morgan fingerprint density at radius 3 is 2.20 bits per heavy atom. The Hall–Kier alpha value is -2.39. The monoisotopic (exact) mass is 264 g/mol. The van der Waals surface area contributed by atoms with Crippen LogP contribution in [0.15, 0.2) is 67.0 Å². The van der Waals surface area contributed by atoms with Crippen molar-refractivity contribution in [1.29, 1.82) is 0 Å². The second-order valence-electron chi connectivity index (χ2n) is 4.66. The summed E-state index contributed by atoms with van der Waals surface area (Å²) >= 11 is 0. The van der Waals surface area contributed by atoms with Gasteiger partial charge in [0.05, 0.1) is 24.3 Å². The van der Waals surface area contributed by atoms with Gasteiger partial charge in [-0.1, -0.05) is 48.5 Å². The van der Waals surface area contributed by atoms with Crippen LogP contribution in [0.25, 0.3) is 5.69 Å². The summed E-state index contributed by atoms with van der Waals surface area (Å²) in [5.74, 6) is 0. The molecule has 0 fully saturated rings. The maximum Gasteiger partial charge on any atom is 0.0998 e.